The Morgan fingerprint density at radius 1 is 1.22 bits per heavy atom. The first kappa shape index (κ1) is 13.2. The van der Waals surface area contributed by atoms with Crippen LogP contribution in [0, 0.1) is 6.92 Å². The molecule has 1 N–H and O–H groups in total. The van der Waals surface area contributed by atoms with Crippen molar-refractivity contribution in [3.8, 4) is 0 Å². The number of aliphatic hydroxyl groups is 1. The number of aryl methyl sites for hydroxylation is 1. The molecule has 1 aliphatic heterocycles. The number of benzene rings is 1. The lowest BCUT2D eigenvalue weighted by Crippen LogP contribution is -2.34. The predicted octanol–water partition coefficient (Wildman–Crippen LogP) is 3.32. The van der Waals surface area contributed by atoms with Crippen LogP contribution in [-0.4, -0.2) is 17.4 Å². The van der Waals surface area contributed by atoms with Gasteiger partial charge in [0.15, 0.2) is 0 Å². The third-order valence-electron chi connectivity index (χ3n) is 3.33. The molecular formula is C13H16F3NO. The summed E-state index contributed by atoms with van der Waals surface area (Å²) in [5.41, 5.74) is 0.328. The normalized spacial score (nSPS) is 24.7. The van der Waals surface area contributed by atoms with Crippen molar-refractivity contribution < 1.29 is 18.3 Å². The van der Waals surface area contributed by atoms with Crippen LogP contribution >= 0.6 is 0 Å². The van der Waals surface area contributed by atoms with Gasteiger partial charge in [0.25, 0.3) is 0 Å². The SMILES string of the molecule is Cc1cc(N2C(O)CC[C@@H]2C)cc(C(F)(F)F)c1. The lowest BCUT2D eigenvalue weighted by molar-refractivity contribution is -0.137. The Balaban J connectivity index is 2.42. The van der Waals surface area contributed by atoms with Crippen molar-refractivity contribution in [1.82, 2.24) is 0 Å². The Kier molecular flexibility index (Phi) is 3.27. The van der Waals surface area contributed by atoms with Gasteiger partial charge in [-0.05, 0) is 50.5 Å². The first-order valence-electron chi connectivity index (χ1n) is 5.94. The van der Waals surface area contributed by atoms with Gasteiger partial charge >= 0.3 is 6.18 Å². The summed E-state index contributed by atoms with van der Waals surface area (Å²) in [6, 6.07) is 3.97. The second-order valence-corrected chi connectivity index (χ2v) is 4.87. The number of halogens is 3. The molecule has 0 aliphatic carbocycles. The Bertz CT molecular complexity index is 434. The minimum Gasteiger partial charge on any atom is -0.374 e. The van der Waals surface area contributed by atoms with Crippen LogP contribution < -0.4 is 4.90 Å². The van der Waals surface area contributed by atoms with Crippen LogP contribution in [0.2, 0.25) is 0 Å². The summed E-state index contributed by atoms with van der Waals surface area (Å²) in [6.07, 6.45) is -3.66. The smallest absolute Gasteiger partial charge is 0.374 e. The Labute approximate surface area is 104 Å². The summed E-state index contributed by atoms with van der Waals surface area (Å²) in [6.45, 7) is 3.54. The van der Waals surface area contributed by atoms with Crippen LogP contribution in [0.3, 0.4) is 0 Å². The minimum absolute atomic E-state index is 0.0582. The van der Waals surface area contributed by atoms with Crippen molar-refractivity contribution in [3.05, 3.63) is 29.3 Å². The molecule has 100 valence electrons. The van der Waals surface area contributed by atoms with Gasteiger partial charge in [-0.1, -0.05) is 0 Å². The monoisotopic (exact) mass is 259 g/mol. The van der Waals surface area contributed by atoms with Crippen molar-refractivity contribution >= 4 is 5.69 Å². The van der Waals surface area contributed by atoms with Gasteiger partial charge in [-0.3, -0.25) is 0 Å². The molecule has 0 spiro atoms. The second-order valence-electron chi connectivity index (χ2n) is 4.87. The molecule has 0 saturated carbocycles. The molecule has 2 nitrogen and oxygen atoms in total. The van der Waals surface area contributed by atoms with Crippen LogP contribution in [0.1, 0.15) is 30.9 Å². The summed E-state index contributed by atoms with van der Waals surface area (Å²) < 4.78 is 38.2. The summed E-state index contributed by atoms with van der Waals surface area (Å²) >= 11 is 0. The Hall–Kier alpha value is -1.23. The van der Waals surface area contributed by atoms with Gasteiger partial charge in [0, 0.05) is 11.7 Å². The molecule has 0 aromatic heterocycles. The lowest BCUT2D eigenvalue weighted by Gasteiger charge is -2.28. The standard InChI is InChI=1S/C13H16F3NO/c1-8-5-10(13(14,15)16)7-11(6-8)17-9(2)3-4-12(17)18/h5-7,9,12,18H,3-4H2,1-2H3/t9-,12?/m0/s1. The molecule has 0 amide bonds. The Morgan fingerprint density at radius 2 is 1.89 bits per heavy atom. The van der Waals surface area contributed by atoms with E-state index < -0.39 is 18.0 Å². The van der Waals surface area contributed by atoms with E-state index in [9.17, 15) is 18.3 Å². The maximum absolute atomic E-state index is 12.7. The van der Waals surface area contributed by atoms with Crippen molar-refractivity contribution in [1.29, 1.82) is 0 Å². The van der Waals surface area contributed by atoms with Crippen LogP contribution in [0.25, 0.3) is 0 Å². The number of anilines is 1. The third-order valence-corrected chi connectivity index (χ3v) is 3.33. The quantitative estimate of drug-likeness (QED) is 0.836. The second kappa shape index (κ2) is 4.46. The van der Waals surface area contributed by atoms with Gasteiger partial charge in [-0.2, -0.15) is 13.2 Å². The number of nitrogens with zero attached hydrogens (tertiary/aromatic N) is 1. The molecule has 2 rings (SSSR count). The molecule has 1 unspecified atom stereocenters. The predicted molar refractivity (Wildman–Crippen MR) is 63.4 cm³/mol. The first-order chi connectivity index (χ1) is 8.29. The zero-order valence-corrected chi connectivity index (χ0v) is 10.3. The molecule has 1 heterocycles. The fraction of sp³-hybridized carbons (Fsp3) is 0.538. The van der Waals surface area contributed by atoms with E-state index in [-0.39, 0.29) is 6.04 Å². The van der Waals surface area contributed by atoms with E-state index in [1.165, 1.54) is 0 Å². The fourth-order valence-corrected chi connectivity index (χ4v) is 2.46. The van der Waals surface area contributed by atoms with E-state index in [0.29, 0.717) is 17.7 Å². The average Bonchev–Trinajstić information content (AvgIpc) is 2.56. The molecule has 0 radical (unpaired) electrons. The highest BCUT2D eigenvalue weighted by Gasteiger charge is 2.34. The van der Waals surface area contributed by atoms with Crippen LogP contribution in [0.4, 0.5) is 18.9 Å². The minimum atomic E-state index is -4.35. The van der Waals surface area contributed by atoms with Gasteiger partial charge < -0.3 is 10.0 Å². The highest BCUT2D eigenvalue weighted by molar-refractivity contribution is 5.53. The molecule has 1 aromatic carbocycles. The number of aliphatic hydroxyl groups excluding tert-OH is 1. The van der Waals surface area contributed by atoms with Gasteiger partial charge in [0.05, 0.1) is 5.56 Å². The lowest BCUT2D eigenvalue weighted by atomic mass is 10.1. The van der Waals surface area contributed by atoms with E-state index in [0.717, 1.165) is 18.6 Å². The summed E-state index contributed by atoms with van der Waals surface area (Å²) in [5.74, 6) is 0. The van der Waals surface area contributed by atoms with Crippen molar-refractivity contribution in [2.24, 2.45) is 0 Å². The molecule has 2 atom stereocenters. The van der Waals surface area contributed by atoms with E-state index in [1.807, 2.05) is 6.92 Å². The maximum atomic E-state index is 12.7. The molecule has 5 heteroatoms. The van der Waals surface area contributed by atoms with Crippen LogP contribution in [0.15, 0.2) is 18.2 Å². The highest BCUT2D eigenvalue weighted by atomic mass is 19.4. The number of hydrogen-bond acceptors (Lipinski definition) is 2. The van der Waals surface area contributed by atoms with Crippen molar-refractivity contribution in [2.75, 3.05) is 4.90 Å². The largest absolute Gasteiger partial charge is 0.416 e. The van der Waals surface area contributed by atoms with Gasteiger partial charge in [-0.15, -0.1) is 0 Å². The van der Waals surface area contributed by atoms with Gasteiger partial charge in [0.1, 0.15) is 6.23 Å². The molecule has 0 bridgehead atoms. The number of rotatable bonds is 1. The molecule has 1 aromatic rings. The molecule has 18 heavy (non-hydrogen) atoms. The zero-order valence-electron chi connectivity index (χ0n) is 10.3. The average molecular weight is 259 g/mol. The van der Waals surface area contributed by atoms with E-state index in [4.69, 9.17) is 0 Å². The van der Waals surface area contributed by atoms with Crippen molar-refractivity contribution in [2.45, 2.75) is 45.1 Å². The third kappa shape index (κ3) is 2.46. The van der Waals surface area contributed by atoms with E-state index in [2.05, 4.69) is 0 Å². The van der Waals surface area contributed by atoms with Gasteiger partial charge in [0.2, 0.25) is 0 Å². The maximum Gasteiger partial charge on any atom is 0.416 e. The molecular weight excluding hydrogens is 243 g/mol. The van der Waals surface area contributed by atoms with E-state index in [1.54, 1.807) is 17.9 Å². The summed E-state index contributed by atoms with van der Waals surface area (Å²) in [5, 5.41) is 9.84. The molecule has 1 saturated heterocycles. The number of alkyl halides is 3. The molecule has 1 aliphatic rings. The topological polar surface area (TPSA) is 23.5 Å². The summed E-state index contributed by atoms with van der Waals surface area (Å²) in [4.78, 5) is 1.66. The first-order valence-corrected chi connectivity index (χ1v) is 5.94. The van der Waals surface area contributed by atoms with Crippen LogP contribution in [0.5, 0.6) is 0 Å². The highest BCUT2D eigenvalue weighted by Crippen LogP contribution is 2.36. The fourth-order valence-electron chi connectivity index (χ4n) is 2.46. The summed E-state index contributed by atoms with van der Waals surface area (Å²) in [7, 11) is 0. The Morgan fingerprint density at radius 3 is 2.39 bits per heavy atom. The van der Waals surface area contributed by atoms with Crippen LogP contribution in [-0.2, 0) is 6.18 Å². The number of hydrogen-bond donors (Lipinski definition) is 1. The van der Waals surface area contributed by atoms with Gasteiger partial charge in [-0.25, -0.2) is 0 Å². The van der Waals surface area contributed by atoms with E-state index >= 15 is 0 Å². The zero-order chi connectivity index (χ0) is 13.5. The van der Waals surface area contributed by atoms with Crippen molar-refractivity contribution in [3.63, 3.8) is 0 Å². The molecule has 1 fully saturated rings.